The average molecular weight is 300 g/mol. The van der Waals surface area contributed by atoms with E-state index >= 15 is 0 Å². The fraction of sp³-hybridized carbons (Fsp3) is 0.444. The van der Waals surface area contributed by atoms with Crippen LogP contribution in [-0.4, -0.2) is 24.5 Å². The molecule has 2 aromatic rings. The van der Waals surface area contributed by atoms with Crippen LogP contribution in [-0.2, 0) is 25.9 Å². The van der Waals surface area contributed by atoms with Gasteiger partial charge in [0, 0.05) is 24.5 Å². The molecule has 0 unspecified atom stereocenters. The maximum Gasteiger partial charge on any atom is 0.0248 e. The van der Waals surface area contributed by atoms with Crippen molar-refractivity contribution >= 4 is 11.3 Å². The highest BCUT2D eigenvalue weighted by molar-refractivity contribution is 7.10. The molecular weight excluding hydrogens is 276 g/mol. The van der Waals surface area contributed by atoms with E-state index in [0.29, 0.717) is 0 Å². The van der Waals surface area contributed by atoms with Crippen LogP contribution in [0.25, 0.3) is 0 Å². The number of hydrogen-bond acceptors (Lipinski definition) is 3. The molecule has 1 N–H and O–H groups in total. The summed E-state index contributed by atoms with van der Waals surface area (Å²) >= 11 is 1.92. The number of benzene rings is 1. The Kier molecular flexibility index (Phi) is 5.07. The first-order valence-electron chi connectivity index (χ1n) is 7.92. The zero-order valence-corrected chi connectivity index (χ0v) is 13.6. The Bertz CT molecular complexity index is 576. The predicted molar refractivity (Wildman–Crippen MR) is 90.8 cm³/mol. The molecular formula is C18H24N2S. The molecule has 0 aliphatic carbocycles. The van der Waals surface area contributed by atoms with Crippen molar-refractivity contribution in [3.05, 3.63) is 57.3 Å². The largest absolute Gasteiger partial charge is 0.317 e. The van der Waals surface area contributed by atoms with Gasteiger partial charge in [-0.1, -0.05) is 31.2 Å². The van der Waals surface area contributed by atoms with E-state index in [1.807, 2.05) is 11.3 Å². The molecule has 1 aliphatic rings. The summed E-state index contributed by atoms with van der Waals surface area (Å²) in [4.78, 5) is 4.17. The van der Waals surface area contributed by atoms with E-state index in [1.165, 1.54) is 29.7 Å². The van der Waals surface area contributed by atoms with Crippen molar-refractivity contribution in [1.82, 2.24) is 10.2 Å². The maximum absolute atomic E-state index is 3.42. The van der Waals surface area contributed by atoms with Gasteiger partial charge in [-0.3, -0.25) is 4.90 Å². The third kappa shape index (κ3) is 3.73. The smallest absolute Gasteiger partial charge is 0.0248 e. The van der Waals surface area contributed by atoms with Gasteiger partial charge in [-0.2, -0.15) is 0 Å². The van der Waals surface area contributed by atoms with Crippen molar-refractivity contribution in [1.29, 1.82) is 0 Å². The van der Waals surface area contributed by atoms with Gasteiger partial charge in [-0.25, -0.2) is 0 Å². The van der Waals surface area contributed by atoms with Gasteiger partial charge < -0.3 is 5.32 Å². The first kappa shape index (κ1) is 14.8. The predicted octanol–water partition coefficient (Wildman–Crippen LogP) is 3.46. The van der Waals surface area contributed by atoms with Gasteiger partial charge in [-0.05, 0) is 54.1 Å². The van der Waals surface area contributed by atoms with Crippen LogP contribution >= 0.6 is 11.3 Å². The minimum absolute atomic E-state index is 1.05. The highest BCUT2D eigenvalue weighted by Crippen LogP contribution is 2.25. The van der Waals surface area contributed by atoms with E-state index in [1.54, 1.807) is 4.88 Å². The van der Waals surface area contributed by atoms with E-state index in [9.17, 15) is 0 Å². The van der Waals surface area contributed by atoms with E-state index < -0.39 is 0 Å². The lowest BCUT2D eigenvalue weighted by atomic mass is 10.0. The molecule has 1 aromatic heterocycles. The molecule has 3 rings (SSSR count). The maximum atomic E-state index is 3.42. The van der Waals surface area contributed by atoms with Crippen molar-refractivity contribution in [2.75, 3.05) is 19.6 Å². The summed E-state index contributed by atoms with van der Waals surface area (Å²) in [6.07, 6.45) is 2.34. The average Bonchev–Trinajstić information content (AvgIpc) is 2.97. The van der Waals surface area contributed by atoms with Crippen molar-refractivity contribution in [3.8, 4) is 0 Å². The first-order valence-corrected chi connectivity index (χ1v) is 8.80. The highest BCUT2D eigenvalue weighted by Gasteiger charge is 2.17. The van der Waals surface area contributed by atoms with Gasteiger partial charge in [0.05, 0.1) is 0 Å². The monoisotopic (exact) mass is 300 g/mol. The first-order chi connectivity index (χ1) is 10.4. The minimum Gasteiger partial charge on any atom is -0.317 e. The number of thiophene rings is 1. The van der Waals surface area contributed by atoms with Gasteiger partial charge in [0.2, 0.25) is 0 Å². The fourth-order valence-corrected chi connectivity index (χ4v) is 3.93. The van der Waals surface area contributed by atoms with Gasteiger partial charge in [0.25, 0.3) is 0 Å². The molecule has 3 heteroatoms. The molecule has 112 valence electrons. The summed E-state index contributed by atoms with van der Waals surface area (Å²) in [5.41, 5.74) is 4.53. The summed E-state index contributed by atoms with van der Waals surface area (Å²) in [5.74, 6) is 0. The van der Waals surface area contributed by atoms with Gasteiger partial charge in [-0.15, -0.1) is 11.3 Å². The molecule has 1 aliphatic heterocycles. The Morgan fingerprint density at radius 2 is 2.05 bits per heavy atom. The van der Waals surface area contributed by atoms with Crippen LogP contribution in [0.5, 0.6) is 0 Å². The molecule has 0 atom stereocenters. The van der Waals surface area contributed by atoms with Crippen LogP contribution in [0.2, 0.25) is 0 Å². The number of nitrogens with one attached hydrogen (secondary N) is 1. The van der Waals surface area contributed by atoms with E-state index in [-0.39, 0.29) is 0 Å². The Hall–Kier alpha value is -1.16. The van der Waals surface area contributed by atoms with E-state index in [0.717, 1.165) is 32.6 Å². The lowest BCUT2D eigenvalue weighted by Crippen LogP contribution is -2.29. The van der Waals surface area contributed by atoms with Gasteiger partial charge >= 0.3 is 0 Å². The third-order valence-corrected chi connectivity index (χ3v) is 5.24. The van der Waals surface area contributed by atoms with E-state index in [2.05, 4.69) is 52.9 Å². The van der Waals surface area contributed by atoms with Crippen molar-refractivity contribution in [3.63, 3.8) is 0 Å². The summed E-state index contributed by atoms with van der Waals surface area (Å²) < 4.78 is 0. The zero-order valence-electron chi connectivity index (χ0n) is 12.8. The van der Waals surface area contributed by atoms with Crippen molar-refractivity contribution < 1.29 is 0 Å². The highest BCUT2D eigenvalue weighted by atomic mass is 32.1. The standard InChI is InChI=1S/C18H24N2S/c1-2-19-10-7-15-5-3-4-6-16(15)13-20-11-8-18-17(14-20)9-12-21-18/h3-6,9,12,19H,2,7-8,10-11,13-14H2,1H3. The molecule has 0 fully saturated rings. The third-order valence-electron chi connectivity index (χ3n) is 4.22. The van der Waals surface area contributed by atoms with Crippen LogP contribution in [0, 0.1) is 0 Å². The topological polar surface area (TPSA) is 15.3 Å². The summed E-state index contributed by atoms with van der Waals surface area (Å²) in [6, 6.07) is 11.2. The molecule has 0 saturated heterocycles. The fourth-order valence-electron chi connectivity index (χ4n) is 3.04. The summed E-state index contributed by atoms with van der Waals surface area (Å²) in [5, 5.41) is 5.66. The molecule has 2 nitrogen and oxygen atoms in total. The van der Waals surface area contributed by atoms with Gasteiger partial charge in [0.1, 0.15) is 0 Å². The van der Waals surface area contributed by atoms with Crippen molar-refractivity contribution in [2.45, 2.75) is 32.9 Å². The van der Waals surface area contributed by atoms with Crippen LogP contribution in [0.4, 0.5) is 0 Å². The Morgan fingerprint density at radius 1 is 1.19 bits per heavy atom. The number of likely N-dealkylation sites (N-methyl/N-ethyl adjacent to an activating group) is 1. The number of hydrogen-bond donors (Lipinski definition) is 1. The molecule has 0 bridgehead atoms. The van der Waals surface area contributed by atoms with Crippen molar-refractivity contribution in [2.24, 2.45) is 0 Å². The number of fused-ring (bicyclic) bond motifs is 1. The van der Waals surface area contributed by atoms with Crippen LogP contribution in [0.3, 0.4) is 0 Å². The lowest BCUT2D eigenvalue weighted by molar-refractivity contribution is 0.247. The molecule has 0 radical (unpaired) electrons. The second-order valence-corrected chi connectivity index (χ2v) is 6.70. The second kappa shape index (κ2) is 7.21. The summed E-state index contributed by atoms with van der Waals surface area (Å²) in [7, 11) is 0. The Labute approximate surface area is 131 Å². The minimum atomic E-state index is 1.05. The Balaban J connectivity index is 1.65. The Morgan fingerprint density at radius 3 is 2.90 bits per heavy atom. The SMILES string of the molecule is CCNCCc1ccccc1CN1CCc2sccc2C1. The normalized spacial score (nSPS) is 15.1. The molecule has 1 aromatic carbocycles. The van der Waals surface area contributed by atoms with Crippen LogP contribution in [0.1, 0.15) is 28.5 Å². The summed E-state index contributed by atoms with van der Waals surface area (Å²) in [6.45, 7) is 7.67. The van der Waals surface area contributed by atoms with Crippen LogP contribution < -0.4 is 5.32 Å². The second-order valence-electron chi connectivity index (χ2n) is 5.70. The molecule has 0 amide bonds. The van der Waals surface area contributed by atoms with Crippen LogP contribution in [0.15, 0.2) is 35.7 Å². The molecule has 21 heavy (non-hydrogen) atoms. The molecule has 0 spiro atoms. The zero-order chi connectivity index (χ0) is 14.5. The lowest BCUT2D eigenvalue weighted by Gasteiger charge is -2.27. The number of nitrogens with zero attached hydrogens (tertiary/aromatic N) is 1. The quantitative estimate of drug-likeness (QED) is 0.822. The molecule has 2 heterocycles. The van der Waals surface area contributed by atoms with Gasteiger partial charge in [0.15, 0.2) is 0 Å². The van der Waals surface area contributed by atoms with E-state index in [4.69, 9.17) is 0 Å². The number of rotatable bonds is 6. The molecule has 0 saturated carbocycles.